The maximum atomic E-state index is 12.2. The van der Waals surface area contributed by atoms with E-state index in [-0.39, 0.29) is 17.9 Å². The fourth-order valence-corrected chi connectivity index (χ4v) is 2.85. The summed E-state index contributed by atoms with van der Waals surface area (Å²) in [4.78, 5) is 14.2. The first-order valence-corrected chi connectivity index (χ1v) is 6.73. The maximum absolute atomic E-state index is 12.2. The second-order valence-electron chi connectivity index (χ2n) is 5.63. The Morgan fingerprint density at radius 1 is 1.47 bits per heavy atom. The van der Waals surface area contributed by atoms with Gasteiger partial charge in [0.05, 0.1) is 6.10 Å². The number of hydrogen-bond acceptors (Lipinski definition) is 2. The van der Waals surface area contributed by atoms with Gasteiger partial charge in [0.15, 0.2) is 0 Å². The Kier molecular flexibility index (Phi) is 3.87. The molecule has 0 unspecified atom stereocenters. The monoisotopic (exact) mass is 237 g/mol. The maximum Gasteiger partial charge on any atom is 0.226 e. The van der Waals surface area contributed by atoms with Gasteiger partial charge in [-0.1, -0.05) is 25.5 Å². The topological polar surface area (TPSA) is 40.5 Å². The van der Waals surface area contributed by atoms with E-state index in [4.69, 9.17) is 0 Å². The van der Waals surface area contributed by atoms with Gasteiger partial charge in [0.2, 0.25) is 5.91 Å². The van der Waals surface area contributed by atoms with Crippen LogP contribution in [0.3, 0.4) is 0 Å². The number of carbonyl (C=O) groups excluding carboxylic acids is 1. The van der Waals surface area contributed by atoms with E-state index in [0.717, 1.165) is 32.4 Å². The van der Waals surface area contributed by atoms with Crippen molar-refractivity contribution >= 4 is 5.91 Å². The minimum Gasteiger partial charge on any atom is -0.393 e. The molecule has 1 aliphatic carbocycles. The van der Waals surface area contributed by atoms with Crippen LogP contribution in [0.25, 0.3) is 0 Å². The van der Waals surface area contributed by atoms with E-state index in [0.29, 0.717) is 12.3 Å². The second-order valence-corrected chi connectivity index (χ2v) is 5.63. The fourth-order valence-electron chi connectivity index (χ4n) is 2.85. The molecule has 1 amide bonds. The molecule has 2 rings (SSSR count). The van der Waals surface area contributed by atoms with Crippen LogP contribution < -0.4 is 0 Å². The van der Waals surface area contributed by atoms with Gasteiger partial charge in [-0.3, -0.25) is 4.79 Å². The first-order valence-electron chi connectivity index (χ1n) is 6.73. The Balaban J connectivity index is 1.90. The molecule has 0 spiro atoms. The standard InChI is InChI=1S/C14H23NO2/c1-10(2)11-5-7-15(8-6-11)14(17)12-3-4-13(16)9-12/h5,10,12-13,16H,3-4,6-9H2,1-2H3/t12-,13-/m1/s1. The molecule has 0 aromatic carbocycles. The molecule has 0 radical (unpaired) electrons. The Hall–Kier alpha value is -0.830. The zero-order valence-corrected chi connectivity index (χ0v) is 10.9. The highest BCUT2D eigenvalue weighted by molar-refractivity contribution is 5.79. The molecule has 3 nitrogen and oxygen atoms in total. The Morgan fingerprint density at radius 2 is 2.24 bits per heavy atom. The molecule has 0 aromatic heterocycles. The van der Waals surface area contributed by atoms with Gasteiger partial charge >= 0.3 is 0 Å². The van der Waals surface area contributed by atoms with Gasteiger partial charge in [-0.15, -0.1) is 0 Å². The second kappa shape index (κ2) is 5.21. The highest BCUT2D eigenvalue weighted by atomic mass is 16.3. The van der Waals surface area contributed by atoms with E-state index in [9.17, 15) is 9.90 Å². The molecule has 0 bridgehead atoms. The molecule has 3 heteroatoms. The van der Waals surface area contributed by atoms with Crippen LogP contribution in [0.15, 0.2) is 11.6 Å². The van der Waals surface area contributed by atoms with Crippen LogP contribution in [0.5, 0.6) is 0 Å². The van der Waals surface area contributed by atoms with Crippen LogP contribution in [0.1, 0.15) is 39.5 Å². The summed E-state index contributed by atoms with van der Waals surface area (Å²) >= 11 is 0. The smallest absolute Gasteiger partial charge is 0.226 e. The average molecular weight is 237 g/mol. The SMILES string of the molecule is CC(C)C1=CCN(C(=O)[C@@H]2CC[C@@H](O)C2)CC1. The Morgan fingerprint density at radius 3 is 2.71 bits per heavy atom. The van der Waals surface area contributed by atoms with Crippen molar-refractivity contribution in [3.8, 4) is 0 Å². The molecule has 0 aromatic rings. The number of carbonyl (C=O) groups is 1. The number of aliphatic hydroxyl groups is 1. The van der Waals surface area contributed by atoms with Crippen molar-refractivity contribution in [2.24, 2.45) is 11.8 Å². The summed E-state index contributed by atoms with van der Waals surface area (Å²) in [6.45, 7) is 6.03. The lowest BCUT2D eigenvalue weighted by Crippen LogP contribution is -2.39. The van der Waals surface area contributed by atoms with Crippen molar-refractivity contribution in [1.29, 1.82) is 0 Å². The number of amides is 1. The highest BCUT2D eigenvalue weighted by Crippen LogP contribution is 2.28. The molecule has 1 N–H and O–H groups in total. The molecule has 96 valence electrons. The van der Waals surface area contributed by atoms with Gasteiger partial charge in [-0.25, -0.2) is 0 Å². The van der Waals surface area contributed by atoms with Crippen LogP contribution >= 0.6 is 0 Å². The van der Waals surface area contributed by atoms with Crippen LogP contribution in [0.4, 0.5) is 0 Å². The van der Waals surface area contributed by atoms with Crippen LogP contribution in [0, 0.1) is 11.8 Å². The number of nitrogens with zero attached hydrogens (tertiary/aromatic N) is 1. The lowest BCUT2D eigenvalue weighted by Gasteiger charge is -2.30. The lowest BCUT2D eigenvalue weighted by atomic mass is 9.96. The third-order valence-corrected chi connectivity index (χ3v) is 4.05. The van der Waals surface area contributed by atoms with Crippen molar-refractivity contribution in [2.75, 3.05) is 13.1 Å². The largest absolute Gasteiger partial charge is 0.393 e. The summed E-state index contributed by atoms with van der Waals surface area (Å²) in [6.07, 6.45) is 5.27. The van der Waals surface area contributed by atoms with Crippen LogP contribution in [-0.4, -0.2) is 35.1 Å². The van der Waals surface area contributed by atoms with Crippen molar-refractivity contribution in [3.05, 3.63) is 11.6 Å². The van der Waals surface area contributed by atoms with E-state index in [1.807, 2.05) is 4.90 Å². The van der Waals surface area contributed by atoms with E-state index in [1.165, 1.54) is 5.57 Å². The molecular formula is C14H23NO2. The fraction of sp³-hybridized carbons (Fsp3) is 0.786. The predicted octanol–water partition coefficient (Wildman–Crippen LogP) is 1.96. The minimum atomic E-state index is -0.254. The zero-order chi connectivity index (χ0) is 12.4. The molecule has 1 heterocycles. The summed E-state index contributed by atoms with van der Waals surface area (Å²) in [5.41, 5.74) is 1.47. The number of aliphatic hydroxyl groups excluding tert-OH is 1. The molecule has 17 heavy (non-hydrogen) atoms. The summed E-state index contributed by atoms with van der Waals surface area (Å²) in [7, 11) is 0. The number of hydrogen-bond donors (Lipinski definition) is 1. The first kappa shape index (κ1) is 12.6. The van der Waals surface area contributed by atoms with Crippen molar-refractivity contribution in [2.45, 2.75) is 45.6 Å². The minimum absolute atomic E-state index is 0.0685. The summed E-state index contributed by atoms with van der Waals surface area (Å²) in [5, 5.41) is 9.48. The summed E-state index contributed by atoms with van der Waals surface area (Å²) in [5.74, 6) is 0.917. The molecule has 0 saturated heterocycles. The zero-order valence-electron chi connectivity index (χ0n) is 10.9. The van der Waals surface area contributed by atoms with Gasteiger partial charge in [-0.05, 0) is 31.6 Å². The third-order valence-electron chi connectivity index (χ3n) is 4.05. The predicted molar refractivity (Wildman–Crippen MR) is 67.5 cm³/mol. The molecule has 2 atom stereocenters. The first-order chi connectivity index (χ1) is 8.08. The van der Waals surface area contributed by atoms with Crippen molar-refractivity contribution in [3.63, 3.8) is 0 Å². The Labute approximate surface area is 103 Å². The van der Waals surface area contributed by atoms with Gasteiger partial charge in [0.25, 0.3) is 0 Å². The summed E-state index contributed by atoms with van der Waals surface area (Å²) in [6, 6.07) is 0. The van der Waals surface area contributed by atoms with Gasteiger partial charge < -0.3 is 10.0 Å². The highest BCUT2D eigenvalue weighted by Gasteiger charge is 2.32. The average Bonchev–Trinajstić information content (AvgIpc) is 2.75. The van der Waals surface area contributed by atoms with Gasteiger partial charge in [0, 0.05) is 19.0 Å². The van der Waals surface area contributed by atoms with E-state index >= 15 is 0 Å². The van der Waals surface area contributed by atoms with Crippen molar-refractivity contribution in [1.82, 2.24) is 4.90 Å². The third kappa shape index (κ3) is 2.89. The van der Waals surface area contributed by atoms with E-state index in [1.54, 1.807) is 0 Å². The molecule has 1 aliphatic heterocycles. The van der Waals surface area contributed by atoms with Crippen molar-refractivity contribution < 1.29 is 9.90 Å². The molecule has 1 fully saturated rings. The molecule has 1 saturated carbocycles. The number of rotatable bonds is 2. The molecule has 2 aliphatic rings. The van der Waals surface area contributed by atoms with E-state index < -0.39 is 0 Å². The Bertz CT molecular complexity index is 322. The van der Waals surface area contributed by atoms with Crippen LogP contribution in [-0.2, 0) is 4.79 Å². The van der Waals surface area contributed by atoms with Gasteiger partial charge in [0.1, 0.15) is 0 Å². The molecular weight excluding hydrogens is 214 g/mol. The van der Waals surface area contributed by atoms with E-state index in [2.05, 4.69) is 19.9 Å². The van der Waals surface area contributed by atoms with Gasteiger partial charge in [-0.2, -0.15) is 0 Å². The lowest BCUT2D eigenvalue weighted by molar-refractivity contribution is -0.135. The van der Waals surface area contributed by atoms with Crippen LogP contribution in [0.2, 0.25) is 0 Å². The quantitative estimate of drug-likeness (QED) is 0.746. The normalized spacial score (nSPS) is 29.6. The summed E-state index contributed by atoms with van der Waals surface area (Å²) < 4.78 is 0.